The monoisotopic (exact) mass is 337 g/mol. The number of rotatable bonds is 4. The van der Waals surface area contributed by atoms with Gasteiger partial charge in [0.25, 0.3) is 0 Å². The number of anilines is 2. The number of methoxy groups -OCH3 is 1. The summed E-state index contributed by atoms with van der Waals surface area (Å²) in [4.78, 5) is 12.3. The molecule has 0 aromatic heterocycles. The quantitative estimate of drug-likeness (QED) is 0.789. The normalized spacial score (nSPS) is 13.8. The van der Waals surface area contributed by atoms with E-state index in [1.807, 2.05) is 49.4 Å². The van der Waals surface area contributed by atoms with Gasteiger partial charge in [-0.3, -0.25) is 0 Å². The molecule has 2 amide bonds. The lowest BCUT2D eigenvalue weighted by Gasteiger charge is -2.15. The van der Waals surface area contributed by atoms with Gasteiger partial charge in [-0.2, -0.15) is 0 Å². The fourth-order valence-electron chi connectivity index (χ4n) is 2.86. The van der Waals surface area contributed by atoms with Gasteiger partial charge < -0.3 is 20.7 Å². The highest BCUT2D eigenvalue weighted by Crippen LogP contribution is 2.26. The molecule has 0 atom stereocenters. The van der Waals surface area contributed by atoms with Crippen LogP contribution in [0.3, 0.4) is 0 Å². The molecule has 0 aliphatic carbocycles. The van der Waals surface area contributed by atoms with Crippen molar-refractivity contribution in [2.45, 2.75) is 13.3 Å². The number of urea groups is 1. The molecule has 1 aliphatic heterocycles. The summed E-state index contributed by atoms with van der Waals surface area (Å²) in [5.41, 5.74) is 5.00. The predicted octanol–water partition coefficient (Wildman–Crippen LogP) is 4.02. The van der Waals surface area contributed by atoms with E-state index >= 15 is 0 Å². The highest BCUT2D eigenvalue weighted by atomic mass is 16.5. The molecule has 2 aromatic carbocycles. The highest BCUT2D eigenvalue weighted by molar-refractivity contribution is 6.00. The van der Waals surface area contributed by atoms with Crippen molar-refractivity contribution in [3.8, 4) is 5.75 Å². The standard InChI is InChI=1S/C20H23N3O2/c1-14-3-8-19(25-2)18(13-14)23-20(24)22-17-6-4-15(5-7-17)16-9-11-21-12-10-16/h3-9,13,21H,10-12H2,1-2H3,(H2,22,23,24). The number of hydrogen-bond acceptors (Lipinski definition) is 3. The van der Waals surface area contributed by atoms with E-state index in [2.05, 4.69) is 22.0 Å². The van der Waals surface area contributed by atoms with E-state index < -0.39 is 0 Å². The minimum absolute atomic E-state index is 0.294. The van der Waals surface area contributed by atoms with Crippen molar-refractivity contribution < 1.29 is 9.53 Å². The van der Waals surface area contributed by atoms with Crippen LogP contribution < -0.4 is 20.7 Å². The SMILES string of the molecule is COc1ccc(C)cc1NC(=O)Nc1ccc(C2=CCNCC2)cc1. The average molecular weight is 337 g/mol. The molecule has 1 heterocycles. The Morgan fingerprint density at radius 2 is 1.92 bits per heavy atom. The maximum Gasteiger partial charge on any atom is 0.323 e. The van der Waals surface area contributed by atoms with E-state index in [4.69, 9.17) is 4.74 Å². The van der Waals surface area contributed by atoms with Gasteiger partial charge in [0, 0.05) is 12.2 Å². The Balaban J connectivity index is 1.65. The lowest BCUT2D eigenvalue weighted by molar-refractivity contribution is 0.262. The molecule has 0 saturated carbocycles. The maximum atomic E-state index is 12.3. The molecule has 130 valence electrons. The molecule has 0 spiro atoms. The Hall–Kier alpha value is -2.79. The molecule has 0 radical (unpaired) electrons. The minimum atomic E-state index is -0.294. The zero-order valence-electron chi connectivity index (χ0n) is 14.6. The Bertz CT molecular complexity index is 782. The summed E-state index contributed by atoms with van der Waals surface area (Å²) in [5.74, 6) is 0.633. The summed E-state index contributed by atoms with van der Waals surface area (Å²) < 4.78 is 5.28. The summed E-state index contributed by atoms with van der Waals surface area (Å²) in [5, 5.41) is 8.99. The number of ether oxygens (including phenoxy) is 1. The lowest BCUT2D eigenvalue weighted by atomic mass is 10.0. The first kappa shape index (κ1) is 17.0. The third-order valence-electron chi connectivity index (χ3n) is 4.18. The van der Waals surface area contributed by atoms with E-state index in [1.54, 1.807) is 7.11 Å². The molecular formula is C20H23N3O2. The Labute approximate surface area is 148 Å². The number of amides is 2. The number of carbonyl (C=O) groups is 1. The summed E-state index contributed by atoms with van der Waals surface area (Å²) in [6.45, 7) is 3.89. The van der Waals surface area contributed by atoms with Crippen molar-refractivity contribution in [2.75, 3.05) is 30.8 Å². The smallest absolute Gasteiger partial charge is 0.323 e. The van der Waals surface area contributed by atoms with Crippen molar-refractivity contribution >= 4 is 23.0 Å². The van der Waals surface area contributed by atoms with Crippen LogP contribution in [0.1, 0.15) is 17.5 Å². The Morgan fingerprint density at radius 1 is 1.12 bits per heavy atom. The number of aryl methyl sites for hydroxylation is 1. The largest absolute Gasteiger partial charge is 0.495 e. The van der Waals surface area contributed by atoms with Crippen LogP contribution in [0.25, 0.3) is 5.57 Å². The molecule has 3 rings (SSSR count). The fraction of sp³-hybridized carbons (Fsp3) is 0.250. The van der Waals surface area contributed by atoms with Crippen molar-refractivity contribution in [3.05, 3.63) is 59.7 Å². The number of nitrogens with one attached hydrogen (secondary N) is 3. The van der Waals surface area contributed by atoms with Crippen LogP contribution in [0.4, 0.5) is 16.2 Å². The third-order valence-corrected chi connectivity index (χ3v) is 4.18. The average Bonchev–Trinajstić information content (AvgIpc) is 2.63. The van der Waals surface area contributed by atoms with Gasteiger partial charge in [-0.25, -0.2) is 4.79 Å². The number of carbonyl (C=O) groups excluding carboxylic acids is 1. The van der Waals surface area contributed by atoms with Crippen LogP contribution in [0.2, 0.25) is 0 Å². The molecule has 5 nitrogen and oxygen atoms in total. The molecule has 0 saturated heterocycles. The second kappa shape index (κ2) is 7.85. The molecule has 25 heavy (non-hydrogen) atoms. The number of benzene rings is 2. The molecule has 0 fully saturated rings. The first-order chi connectivity index (χ1) is 12.2. The van der Waals surface area contributed by atoms with Gasteiger partial charge in [0.15, 0.2) is 0 Å². The second-order valence-electron chi connectivity index (χ2n) is 6.04. The molecular weight excluding hydrogens is 314 g/mol. The minimum Gasteiger partial charge on any atom is -0.495 e. The van der Waals surface area contributed by atoms with Crippen molar-refractivity contribution in [1.29, 1.82) is 0 Å². The van der Waals surface area contributed by atoms with Gasteiger partial charge in [0.1, 0.15) is 5.75 Å². The Morgan fingerprint density at radius 3 is 2.60 bits per heavy atom. The Kier molecular flexibility index (Phi) is 5.36. The van der Waals surface area contributed by atoms with Crippen LogP contribution in [-0.4, -0.2) is 26.2 Å². The van der Waals surface area contributed by atoms with E-state index in [0.29, 0.717) is 11.4 Å². The van der Waals surface area contributed by atoms with Crippen molar-refractivity contribution in [2.24, 2.45) is 0 Å². The summed E-state index contributed by atoms with van der Waals surface area (Å²) in [7, 11) is 1.59. The van der Waals surface area contributed by atoms with Gasteiger partial charge in [-0.15, -0.1) is 0 Å². The van der Waals surface area contributed by atoms with Crippen molar-refractivity contribution in [1.82, 2.24) is 5.32 Å². The van der Waals surface area contributed by atoms with Gasteiger partial charge in [-0.05, 0) is 60.9 Å². The number of hydrogen-bond donors (Lipinski definition) is 3. The zero-order chi connectivity index (χ0) is 17.6. The second-order valence-corrected chi connectivity index (χ2v) is 6.04. The summed E-state index contributed by atoms with van der Waals surface area (Å²) in [6, 6.07) is 13.3. The van der Waals surface area contributed by atoms with Crippen LogP contribution >= 0.6 is 0 Å². The van der Waals surface area contributed by atoms with Crippen LogP contribution in [-0.2, 0) is 0 Å². The third kappa shape index (κ3) is 4.39. The first-order valence-electron chi connectivity index (χ1n) is 8.38. The van der Waals surface area contributed by atoms with Crippen LogP contribution in [0.15, 0.2) is 48.5 Å². The van der Waals surface area contributed by atoms with Gasteiger partial charge in [0.2, 0.25) is 0 Å². The topological polar surface area (TPSA) is 62.4 Å². The van der Waals surface area contributed by atoms with Crippen LogP contribution in [0.5, 0.6) is 5.75 Å². The highest BCUT2D eigenvalue weighted by Gasteiger charge is 2.09. The molecule has 0 bridgehead atoms. The van der Waals surface area contributed by atoms with Crippen molar-refractivity contribution in [3.63, 3.8) is 0 Å². The van der Waals surface area contributed by atoms with E-state index in [0.717, 1.165) is 30.8 Å². The molecule has 3 N–H and O–H groups in total. The zero-order valence-corrected chi connectivity index (χ0v) is 14.6. The molecule has 5 heteroatoms. The van der Waals surface area contributed by atoms with Crippen LogP contribution in [0, 0.1) is 6.92 Å². The summed E-state index contributed by atoms with van der Waals surface area (Å²) in [6.07, 6.45) is 3.24. The first-order valence-corrected chi connectivity index (χ1v) is 8.38. The molecule has 0 unspecified atom stereocenters. The van der Waals surface area contributed by atoms with E-state index in [-0.39, 0.29) is 6.03 Å². The molecule has 1 aliphatic rings. The van der Waals surface area contributed by atoms with E-state index in [9.17, 15) is 4.79 Å². The van der Waals surface area contributed by atoms with Gasteiger partial charge in [0.05, 0.1) is 12.8 Å². The summed E-state index contributed by atoms with van der Waals surface area (Å²) >= 11 is 0. The fourth-order valence-corrected chi connectivity index (χ4v) is 2.86. The lowest BCUT2D eigenvalue weighted by Crippen LogP contribution is -2.20. The van der Waals surface area contributed by atoms with Gasteiger partial charge in [-0.1, -0.05) is 24.3 Å². The van der Waals surface area contributed by atoms with E-state index in [1.165, 1.54) is 11.1 Å². The predicted molar refractivity (Wildman–Crippen MR) is 102 cm³/mol. The van der Waals surface area contributed by atoms with Gasteiger partial charge >= 0.3 is 6.03 Å². The maximum absolute atomic E-state index is 12.3. The molecule has 2 aromatic rings.